The van der Waals surface area contributed by atoms with Crippen molar-refractivity contribution in [1.82, 2.24) is 5.32 Å². The summed E-state index contributed by atoms with van der Waals surface area (Å²) in [5, 5.41) is 2.79. The number of ether oxygens (including phenoxy) is 1. The standard InChI is InChI=1S/C16H17FN2O2/c1-10(11-6-3-4-9-14(11)21-2)19-16(20)12-7-5-8-13(17)15(12)18/h3-10H,18H2,1-2H3,(H,19,20)/t10-/m1/s1. The van der Waals surface area contributed by atoms with Crippen molar-refractivity contribution in [3.63, 3.8) is 0 Å². The van der Waals surface area contributed by atoms with Gasteiger partial charge in [-0.1, -0.05) is 24.3 Å². The fourth-order valence-electron chi connectivity index (χ4n) is 2.11. The Morgan fingerprint density at radius 2 is 1.95 bits per heavy atom. The lowest BCUT2D eigenvalue weighted by Gasteiger charge is -2.17. The highest BCUT2D eigenvalue weighted by Gasteiger charge is 2.17. The van der Waals surface area contributed by atoms with Gasteiger partial charge in [0.2, 0.25) is 0 Å². The van der Waals surface area contributed by atoms with Crippen LogP contribution < -0.4 is 15.8 Å². The van der Waals surface area contributed by atoms with E-state index < -0.39 is 11.7 Å². The number of hydrogen-bond acceptors (Lipinski definition) is 3. The molecule has 110 valence electrons. The van der Waals surface area contributed by atoms with Gasteiger partial charge in [-0.3, -0.25) is 4.79 Å². The van der Waals surface area contributed by atoms with E-state index in [0.29, 0.717) is 5.75 Å². The van der Waals surface area contributed by atoms with Gasteiger partial charge in [-0.25, -0.2) is 4.39 Å². The Morgan fingerprint density at radius 3 is 2.67 bits per heavy atom. The lowest BCUT2D eigenvalue weighted by Crippen LogP contribution is -2.27. The number of nitrogens with one attached hydrogen (secondary N) is 1. The number of rotatable bonds is 4. The molecule has 0 aliphatic rings. The number of amides is 1. The monoisotopic (exact) mass is 288 g/mol. The summed E-state index contributed by atoms with van der Waals surface area (Å²) in [5.74, 6) is -0.351. The predicted octanol–water partition coefficient (Wildman–Crippen LogP) is 2.91. The van der Waals surface area contributed by atoms with Gasteiger partial charge in [0, 0.05) is 5.56 Å². The van der Waals surface area contributed by atoms with Crippen LogP contribution in [0.25, 0.3) is 0 Å². The third-order valence-electron chi connectivity index (χ3n) is 3.25. The number of nitrogens with two attached hydrogens (primary N) is 1. The number of hydrogen-bond donors (Lipinski definition) is 2. The number of nitrogen functional groups attached to an aromatic ring is 1. The van der Waals surface area contributed by atoms with Gasteiger partial charge < -0.3 is 15.8 Å². The van der Waals surface area contributed by atoms with Crippen molar-refractivity contribution in [2.75, 3.05) is 12.8 Å². The summed E-state index contributed by atoms with van der Waals surface area (Å²) in [4.78, 5) is 12.2. The van der Waals surface area contributed by atoms with Gasteiger partial charge >= 0.3 is 0 Å². The smallest absolute Gasteiger partial charge is 0.253 e. The van der Waals surface area contributed by atoms with Crippen molar-refractivity contribution >= 4 is 11.6 Å². The summed E-state index contributed by atoms with van der Waals surface area (Å²) in [6, 6.07) is 11.2. The average molecular weight is 288 g/mol. The van der Waals surface area contributed by atoms with Crippen LogP contribution in [-0.2, 0) is 0 Å². The second kappa shape index (κ2) is 6.26. The fraction of sp³-hybridized carbons (Fsp3) is 0.188. The molecular formula is C16H17FN2O2. The van der Waals surface area contributed by atoms with Crippen molar-refractivity contribution in [2.45, 2.75) is 13.0 Å². The Balaban J connectivity index is 2.21. The number of carbonyl (C=O) groups excluding carboxylic acids is 1. The molecular weight excluding hydrogens is 271 g/mol. The van der Waals surface area contributed by atoms with Crippen LogP contribution in [0.1, 0.15) is 28.9 Å². The van der Waals surface area contributed by atoms with E-state index in [4.69, 9.17) is 10.5 Å². The summed E-state index contributed by atoms with van der Waals surface area (Å²) in [5.41, 5.74) is 6.40. The molecule has 0 fully saturated rings. The summed E-state index contributed by atoms with van der Waals surface area (Å²) < 4.78 is 18.7. The van der Waals surface area contributed by atoms with E-state index in [1.165, 1.54) is 18.2 Å². The van der Waals surface area contributed by atoms with E-state index in [-0.39, 0.29) is 17.3 Å². The molecule has 3 N–H and O–H groups in total. The minimum absolute atomic E-state index is 0.122. The van der Waals surface area contributed by atoms with E-state index in [1.807, 2.05) is 31.2 Å². The quantitative estimate of drug-likeness (QED) is 0.850. The van der Waals surface area contributed by atoms with E-state index in [1.54, 1.807) is 7.11 Å². The molecule has 1 amide bonds. The van der Waals surface area contributed by atoms with Gasteiger partial charge in [0.1, 0.15) is 11.6 Å². The van der Waals surface area contributed by atoms with Crippen LogP contribution in [0.5, 0.6) is 5.75 Å². The zero-order valence-corrected chi connectivity index (χ0v) is 11.9. The number of methoxy groups -OCH3 is 1. The molecule has 21 heavy (non-hydrogen) atoms. The third-order valence-corrected chi connectivity index (χ3v) is 3.25. The molecule has 0 aromatic heterocycles. The van der Waals surface area contributed by atoms with Gasteiger partial charge in [0.05, 0.1) is 24.4 Å². The number of anilines is 1. The number of benzene rings is 2. The molecule has 2 rings (SSSR count). The van der Waals surface area contributed by atoms with Crippen LogP contribution >= 0.6 is 0 Å². The fourth-order valence-corrected chi connectivity index (χ4v) is 2.11. The number of carbonyl (C=O) groups is 1. The number of para-hydroxylation sites is 2. The molecule has 4 nitrogen and oxygen atoms in total. The van der Waals surface area contributed by atoms with Crippen LogP contribution in [0.2, 0.25) is 0 Å². The molecule has 0 radical (unpaired) electrons. The maximum atomic E-state index is 13.4. The molecule has 0 spiro atoms. The Hall–Kier alpha value is -2.56. The van der Waals surface area contributed by atoms with E-state index in [2.05, 4.69) is 5.32 Å². The van der Waals surface area contributed by atoms with Gasteiger partial charge in [0.25, 0.3) is 5.91 Å². The predicted molar refractivity (Wildman–Crippen MR) is 79.7 cm³/mol. The van der Waals surface area contributed by atoms with Crippen LogP contribution in [-0.4, -0.2) is 13.0 Å². The van der Waals surface area contributed by atoms with Crippen LogP contribution in [0.3, 0.4) is 0 Å². The second-order valence-corrected chi connectivity index (χ2v) is 4.64. The SMILES string of the molecule is COc1ccccc1[C@@H](C)NC(=O)c1cccc(F)c1N. The average Bonchev–Trinajstić information content (AvgIpc) is 2.49. The molecule has 0 unspecified atom stereocenters. The van der Waals surface area contributed by atoms with Crippen molar-refractivity contribution in [3.05, 3.63) is 59.4 Å². The molecule has 2 aromatic rings. The maximum absolute atomic E-state index is 13.4. The Kier molecular flexibility index (Phi) is 4.42. The van der Waals surface area contributed by atoms with E-state index in [9.17, 15) is 9.18 Å². The first-order chi connectivity index (χ1) is 10.0. The van der Waals surface area contributed by atoms with Gasteiger partial charge in [-0.05, 0) is 25.1 Å². The summed E-state index contributed by atoms with van der Waals surface area (Å²) >= 11 is 0. The van der Waals surface area contributed by atoms with Crippen LogP contribution in [0.4, 0.5) is 10.1 Å². The largest absolute Gasteiger partial charge is 0.496 e. The lowest BCUT2D eigenvalue weighted by atomic mass is 10.1. The van der Waals surface area contributed by atoms with Crippen molar-refractivity contribution < 1.29 is 13.9 Å². The minimum Gasteiger partial charge on any atom is -0.496 e. The van der Waals surface area contributed by atoms with E-state index in [0.717, 1.165) is 5.56 Å². The first kappa shape index (κ1) is 14.8. The lowest BCUT2D eigenvalue weighted by molar-refractivity contribution is 0.0940. The van der Waals surface area contributed by atoms with Gasteiger partial charge in [-0.15, -0.1) is 0 Å². The molecule has 5 heteroatoms. The van der Waals surface area contributed by atoms with Gasteiger partial charge in [0.15, 0.2) is 0 Å². The topological polar surface area (TPSA) is 64.3 Å². The Bertz CT molecular complexity index is 658. The zero-order chi connectivity index (χ0) is 15.4. The molecule has 0 saturated heterocycles. The minimum atomic E-state index is -0.604. The third kappa shape index (κ3) is 3.13. The normalized spacial score (nSPS) is 11.8. The zero-order valence-electron chi connectivity index (χ0n) is 11.9. The molecule has 0 saturated carbocycles. The first-order valence-corrected chi connectivity index (χ1v) is 6.52. The maximum Gasteiger partial charge on any atom is 0.253 e. The van der Waals surface area contributed by atoms with Crippen molar-refractivity contribution in [3.8, 4) is 5.75 Å². The van der Waals surface area contributed by atoms with Crippen LogP contribution in [0, 0.1) is 5.82 Å². The van der Waals surface area contributed by atoms with E-state index >= 15 is 0 Å². The molecule has 1 atom stereocenters. The Labute approximate surface area is 122 Å². The molecule has 0 aliphatic heterocycles. The second-order valence-electron chi connectivity index (χ2n) is 4.64. The molecule has 0 aliphatic carbocycles. The van der Waals surface area contributed by atoms with Crippen molar-refractivity contribution in [2.24, 2.45) is 0 Å². The first-order valence-electron chi connectivity index (χ1n) is 6.52. The highest BCUT2D eigenvalue weighted by atomic mass is 19.1. The molecule has 2 aromatic carbocycles. The molecule has 0 bridgehead atoms. The highest BCUT2D eigenvalue weighted by Crippen LogP contribution is 2.25. The van der Waals surface area contributed by atoms with Crippen LogP contribution in [0.15, 0.2) is 42.5 Å². The molecule has 0 heterocycles. The van der Waals surface area contributed by atoms with Gasteiger partial charge in [-0.2, -0.15) is 0 Å². The van der Waals surface area contributed by atoms with Crippen molar-refractivity contribution in [1.29, 1.82) is 0 Å². The number of halogens is 1. The summed E-state index contributed by atoms with van der Waals surface area (Å²) in [7, 11) is 1.57. The Morgan fingerprint density at radius 1 is 1.24 bits per heavy atom. The summed E-state index contributed by atoms with van der Waals surface area (Å²) in [6.45, 7) is 1.82. The summed E-state index contributed by atoms with van der Waals surface area (Å²) in [6.07, 6.45) is 0. The highest BCUT2D eigenvalue weighted by molar-refractivity contribution is 5.99.